The molecule has 0 amide bonds. The van der Waals surface area contributed by atoms with Crippen molar-refractivity contribution < 1.29 is 4.39 Å². The molecule has 2 N–H and O–H groups in total. The molecule has 0 atom stereocenters. The third-order valence-corrected chi connectivity index (χ3v) is 3.69. The molecule has 0 bridgehead atoms. The molecule has 1 heterocycles. The predicted octanol–water partition coefficient (Wildman–Crippen LogP) is 1.42. The van der Waals surface area contributed by atoms with Crippen molar-refractivity contribution in [2.24, 2.45) is 5.73 Å². The zero-order valence-electron chi connectivity index (χ0n) is 11.0. The Morgan fingerprint density at radius 1 is 1.11 bits per heavy atom. The molecule has 100 valence electrons. The van der Waals surface area contributed by atoms with Crippen LogP contribution >= 0.6 is 0 Å². The summed E-state index contributed by atoms with van der Waals surface area (Å²) in [4.78, 5) is 4.81. The molecule has 3 nitrogen and oxygen atoms in total. The summed E-state index contributed by atoms with van der Waals surface area (Å²) in [5.74, 6) is -0.172. The molecule has 0 saturated carbocycles. The molecule has 0 unspecified atom stereocenters. The van der Waals surface area contributed by atoms with Gasteiger partial charge >= 0.3 is 0 Å². The normalized spacial score (nSPS) is 18.2. The van der Waals surface area contributed by atoms with Crippen LogP contribution in [0.5, 0.6) is 0 Å². The minimum absolute atomic E-state index is 0.172. The van der Waals surface area contributed by atoms with E-state index >= 15 is 0 Å². The lowest BCUT2D eigenvalue weighted by Crippen LogP contribution is -2.45. The Morgan fingerprint density at radius 2 is 1.78 bits per heavy atom. The van der Waals surface area contributed by atoms with Crippen molar-refractivity contribution in [1.82, 2.24) is 9.80 Å². The second kappa shape index (κ2) is 6.27. The largest absolute Gasteiger partial charge is 0.326 e. The van der Waals surface area contributed by atoms with Gasteiger partial charge in [0.1, 0.15) is 5.82 Å². The van der Waals surface area contributed by atoms with E-state index in [1.165, 1.54) is 6.07 Å². The summed E-state index contributed by atoms with van der Waals surface area (Å²) in [5, 5.41) is 0. The highest BCUT2D eigenvalue weighted by Gasteiger charge is 2.16. The van der Waals surface area contributed by atoms with E-state index in [-0.39, 0.29) is 5.82 Å². The Balaban J connectivity index is 1.99. The van der Waals surface area contributed by atoms with Gasteiger partial charge in [-0.3, -0.25) is 4.90 Å². The summed E-state index contributed by atoms with van der Waals surface area (Å²) in [6.07, 6.45) is 0. The molecule has 1 aliphatic heterocycles. The number of hydrogen-bond acceptors (Lipinski definition) is 3. The minimum atomic E-state index is -0.172. The number of benzene rings is 1. The maximum absolute atomic E-state index is 13.3. The number of halogens is 1. The van der Waals surface area contributed by atoms with E-state index in [0.717, 1.165) is 50.4 Å². The van der Waals surface area contributed by atoms with E-state index in [2.05, 4.69) is 16.7 Å². The monoisotopic (exact) mass is 251 g/mol. The third-order valence-electron chi connectivity index (χ3n) is 3.69. The summed E-state index contributed by atoms with van der Waals surface area (Å²) in [6, 6.07) is 4.90. The van der Waals surface area contributed by atoms with E-state index in [4.69, 9.17) is 5.73 Å². The molecule has 1 saturated heterocycles. The van der Waals surface area contributed by atoms with Crippen molar-refractivity contribution in [3.8, 4) is 0 Å². The van der Waals surface area contributed by atoms with E-state index < -0.39 is 0 Å². The Bertz CT molecular complexity index is 387. The topological polar surface area (TPSA) is 32.5 Å². The van der Waals surface area contributed by atoms with Crippen LogP contribution in [-0.4, -0.2) is 42.5 Å². The van der Waals surface area contributed by atoms with Crippen LogP contribution in [0.3, 0.4) is 0 Å². The summed E-state index contributed by atoms with van der Waals surface area (Å²) >= 11 is 0. The first-order valence-electron chi connectivity index (χ1n) is 6.65. The Kier molecular flexibility index (Phi) is 4.69. The van der Waals surface area contributed by atoms with Gasteiger partial charge in [0.25, 0.3) is 0 Å². The average Bonchev–Trinajstić information content (AvgIpc) is 2.40. The fraction of sp³-hybridized carbons (Fsp3) is 0.571. The van der Waals surface area contributed by atoms with E-state index in [0.29, 0.717) is 6.54 Å². The number of nitrogens with two attached hydrogens (primary N) is 1. The molecule has 0 radical (unpaired) electrons. The molecule has 0 aromatic heterocycles. The van der Waals surface area contributed by atoms with E-state index in [1.807, 2.05) is 0 Å². The molecule has 0 aliphatic carbocycles. The van der Waals surface area contributed by atoms with Crippen LogP contribution in [0.2, 0.25) is 0 Å². The van der Waals surface area contributed by atoms with Gasteiger partial charge in [-0.05, 0) is 29.8 Å². The number of nitrogens with zero attached hydrogens (tertiary/aromatic N) is 2. The molecule has 1 aromatic carbocycles. The van der Waals surface area contributed by atoms with Crippen molar-refractivity contribution in [2.45, 2.75) is 20.0 Å². The van der Waals surface area contributed by atoms with Gasteiger partial charge in [-0.2, -0.15) is 0 Å². The molecular weight excluding hydrogens is 229 g/mol. The molecule has 1 aliphatic rings. The molecule has 18 heavy (non-hydrogen) atoms. The maximum Gasteiger partial charge on any atom is 0.123 e. The van der Waals surface area contributed by atoms with Crippen LogP contribution in [0.1, 0.15) is 18.1 Å². The van der Waals surface area contributed by atoms with Crippen LogP contribution < -0.4 is 5.73 Å². The van der Waals surface area contributed by atoms with Gasteiger partial charge in [0.05, 0.1) is 0 Å². The zero-order valence-corrected chi connectivity index (χ0v) is 11.0. The lowest BCUT2D eigenvalue weighted by atomic mass is 10.1. The lowest BCUT2D eigenvalue weighted by Gasteiger charge is -2.34. The molecule has 4 heteroatoms. The number of likely N-dealkylation sites (N-methyl/N-ethyl adjacent to an activating group) is 1. The van der Waals surface area contributed by atoms with Crippen molar-refractivity contribution in [3.63, 3.8) is 0 Å². The van der Waals surface area contributed by atoms with Crippen molar-refractivity contribution in [1.29, 1.82) is 0 Å². The van der Waals surface area contributed by atoms with Crippen molar-refractivity contribution in [3.05, 3.63) is 35.1 Å². The van der Waals surface area contributed by atoms with Crippen LogP contribution in [0.25, 0.3) is 0 Å². The standard InChI is InChI=1S/C14H22FN3/c1-2-17-5-7-18(8-6-17)11-13-9-14(15)4-3-12(13)10-16/h3-4,9H,2,5-8,10-11,16H2,1H3. The predicted molar refractivity (Wildman–Crippen MR) is 71.7 cm³/mol. The van der Waals surface area contributed by atoms with Crippen molar-refractivity contribution in [2.75, 3.05) is 32.7 Å². The van der Waals surface area contributed by atoms with E-state index in [1.54, 1.807) is 12.1 Å². The average molecular weight is 251 g/mol. The van der Waals surface area contributed by atoms with Gasteiger partial charge in [-0.15, -0.1) is 0 Å². The molecule has 0 spiro atoms. The summed E-state index contributed by atoms with van der Waals surface area (Å²) in [6.45, 7) is 8.89. The zero-order chi connectivity index (χ0) is 13.0. The highest BCUT2D eigenvalue weighted by Crippen LogP contribution is 2.15. The van der Waals surface area contributed by atoms with Gasteiger partial charge < -0.3 is 10.6 Å². The number of rotatable bonds is 4. The summed E-state index contributed by atoms with van der Waals surface area (Å²) in [7, 11) is 0. The fourth-order valence-electron chi connectivity index (χ4n) is 2.45. The lowest BCUT2D eigenvalue weighted by molar-refractivity contribution is 0.131. The van der Waals surface area contributed by atoms with Gasteiger partial charge in [0, 0.05) is 39.3 Å². The first kappa shape index (κ1) is 13.5. The fourth-order valence-corrected chi connectivity index (χ4v) is 2.45. The first-order chi connectivity index (χ1) is 8.72. The molecule has 2 rings (SSSR count). The Labute approximate surface area is 108 Å². The minimum Gasteiger partial charge on any atom is -0.326 e. The third kappa shape index (κ3) is 3.28. The van der Waals surface area contributed by atoms with Crippen LogP contribution in [0.4, 0.5) is 4.39 Å². The maximum atomic E-state index is 13.3. The summed E-state index contributed by atoms with van der Waals surface area (Å²) < 4.78 is 13.3. The smallest absolute Gasteiger partial charge is 0.123 e. The summed E-state index contributed by atoms with van der Waals surface area (Å²) in [5.41, 5.74) is 7.78. The second-order valence-corrected chi connectivity index (χ2v) is 4.83. The van der Waals surface area contributed by atoms with Gasteiger partial charge in [0.2, 0.25) is 0 Å². The number of hydrogen-bond donors (Lipinski definition) is 1. The van der Waals surface area contributed by atoms with Crippen LogP contribution in [-0.2, 0) is 13.1 Å². The highest BCUT2D eigenvalue weighted by molar-refractivity contribution is 5.27. The Morgan fingerprint density at radius 3 is 2.39 bits per heavy atom. The molecular formula is C14H22FN3. The number of piperazine rings is 1. The quantitative estimate of drug-likeness (QED) is 0.878. The first-order valence-corrected chi connectivity index (χ1v) is 6.65. The Hall–Kier alpha value is -0.970. The van der Waals surface area contributed by atoms with Gasteiger partial charge in [-0.1, -0.05) is 13.0 Å². The van der Waals surface area contributed by atoms with Crippen LogP contribution in [0.15, 0.2) is 18.2 Å². The molecule has 1 aromatic rings. The SMILES string of the molecule is CCN1CCN(Cc2cc(F)ccc2CN)CC1. The van der Waals surface area contributed by atoms with Gasteiger partial charge in [-0.25, -0.2) is 4.39 Å². The highest BCUT2D eigenvalue weighted by atomic mass is 19.1. The van der Waals surface area contributed by atoms with Crippen LogP contribution in [0, 0.1) is 5.82 Å². The molecule has 1 fully saturated rings. The van der Waals surface area contributed by atoms with E-state index in [9.17, 15) is 4.39 Å². The second-order valence-electron chi connectivity index (χ2n) is 4.83. The van der Waals surface area contributed by atoms with Crippen molar-refractivity contribution >= 4 is 0 Å². The van der Waals surface area contributed by atoms with Gasteiger partial charge in [0.15, 0.2) is 0 Å².